The van der Waals surface area contributed by atoms with Gasteiger partial charge in [0.15, 0.2) is 9.84 Å². The molecule has 0 saturated heterocycles. The summed E-state index contributed by atoms with van der Waals surface area (Å²) in [6, 6.07) is 13.5. The second kappa shape index (κ2) is 9.50. The molecule has 164 valence electrons. The minimum Gasteiger partial charge on any atom is -0.496 e. The van der Waals surface area contributed by atoms with Crippen molar-refractivity contribution in [3.05, 3.63) is 59.2 Å². The maximum atomic E-state index is 13.6. The van der Waals surface area contributed by atoms with Gasteiger partial charge in [0.2, 0.25) is 0 Å². The highest BCUT2D eigenvalue weighted by Crippen LogP contribution is 2.40. The van der Waals surface area contributed by atoms with Crippen molar-refractivity contribution in [3.63, 3.8) is 0 Å². The van der Waals surface area contributed by atoms with Crippen LogP contribution in [0.2, 0.25) is 0 Å². The van der Waals surface area contributed by atoms with Gasteiger partial charge in [0, 0.05) is 18.2 Å². The van der Waals surface area contributed by atoms with E-state index in [1.54, 1.807) is 20.3 Å². The van der Waals surface area contributed by atoms with Gasteiger partial charge in [0.1, 0.15) is 5.75 Å². The highest BCUT2D eigenvalue weighted by atomic mass is 32.2. The van der Waals surface area contributed by atoms with E-state index in [1.807, 2.05) is 24.3 Å². The van der Waals surface area contributed by atoms with Gasteiger partial charge in [-0.3, -0.25) is 5.32 Å². The van der Waals surface area contributed by atoms with Crippen LogP contribution >= 0.6 is 0 Å². The van der Waals surface area contributed by atoms with Crippen LogP contribution in [0.3, 0.4) is 0 Å². The standard InChI is InChI=1S/C24H33NO4S/c1-5-7-13-24(6-2)17-30(26,27)22-15-21(29-4)19(16-28-3)14-20(22)23(25-24)18-11-9-8-10-12-18/h8-12,14-15,23,25H,5-7,13,16-17H2,1-4H3/t23-,24-/m0/s1. The number of nitrogens with one attached hydrogen (secondary N) is 1. The number of unbranched alkanes of at least 4 members (excludes halogenated alkanes) is 1. The summed E-state index contributed by atoms with van der Waals surface area (Å²) in [5, 5.41) is 3.79. The van der Waals surface area contributed by atoms with Crippen LogP contribution < -0.4 is 10.1 Å². The van der Waals surface area contributed by atoms with E-state index in [9.17, 15) is 8.42 Å². The first-order valence-corrected chi connectivity index (χ1v) is 12.3. The van der Waals surface area contributed by atoms with Gasteiger partial charge in [-0.15, -0.1) is 0 Å². The first kappa shape index (κ1) is 22.8. The van der Waals surface area contributed by atoms with Crippen molar-refractivity contribution in [2.45, 2.75) is 62.6 Å². The molecule has 0 radical (unpaired) electrons. The number of hydrogen-bond acceptors (Lipinski definition) is 5. The van der Waals surface area contributed by atoms with E-state index in [-0.39, 0.29) is 11.8 Å². The van der Waals surface area contributed by atoms with Gasteiger partial charge in [0.05, 0.1) is 30.4 Å². The topological polar surface area (TPSA) is 64.6 Å². The smallest absolute Gasteiger partial charge is 0.180 e. The van der Waals surface area contributed by atoms with E-state index in [0.29, 0.717) is 17.3 Å². The molecule has 2 aromatic rings. The van der Waals surface area contributed by atoms with Gasteiger partial charge in [-0.05, 0) is 36.1 Å². The third-order valence-corrected chi connectivity index (χ3v) is 8.05. The average molecular weight is 432 g/mol. The fourth-order valence-electron chi connectivity index (χ4n) is 4.39. The summed E-state index contributed by atoms with van der Waals surface area (Å²) < 4.78 is 38.1. The van der Waals surface area contributed by atoms with Crippen LogP contribution in [-0.2, 0) is 21.2 Å². The Hall–Kier alpha value is -1.89. The van der Waals surface area contributed by atoms with E-state index in [2.05, 4.69) is 31.3 Å². The molecule has 0 unspecified atom stereocenters. The predicted molar refractivity (Wildman–Crippen MR) is 120 cm³/mol. The maximum absolute atomic E-state index is 13.6. The van der Waals surface area contributed by atoms with E-state index >= 15 is 0 Å². The molecule has 0 fully saturated rings. The molecule has 2 atom stereocenters. The molecular weight excluding hydrogens is 398 g/mol. The molecule has 5 nitrogen and oxygen atoms in total. The Kier molecular flexibility index (Phi) is 7.22. The third kappa shape index (κ3) is 4.56. The van der Waals surface area contributed by atoms with Crippen LogP contribution in [0.15, 0.2) is 47.4 Å². The molecule has 0 aliphatic carbocycles. The Morgan fingerprint density at radius 3 is 2.47 bits per heavy atom. The second-order valence-electron chi connectivity index (χ2n) is 8.12. The SMILES string of the molecule is CCCC[C@@]1(CC)CS(=O)(=O)c2cc(OC)c(COC)cc2[C@H](c2ccccc2)N1. The molecule has 0 saturated carbocycles. The molecule has 3 rings (SSSR count). The normalized spacial score (nSPS) is 22.9. The lowest BCUT2D eigenvalue weighted by Crippen LogP contribution is -2.50. The number of methoxy groups -OCH3 is 2. The molecule has 30 heavy (non-hydrogen) atoms. The molecule has 0 bridgehead atoms. The van der Waals surface area contributed by atoms with Crippen molar-refractivity contribution in [2.75, 3.05) is 20.0 Å². The van der Waals surface area contributed by atoms with Crippen molar-refractivity contribution < 1.29 is 17.9 Å². The Morgan fingerprint density at radius 2 is 1.87 bits per heavy atom. The largest absolute Gasteiger partial charge is 0.496 e. The van der Waals surface area contributed by atoms with Gasteiger partial charge in [-0.25, -0.2) is 8.42 Å². The van der Waals surface area contributed by atoms with Crippen LogP contribution in [0.25, 0.3) is 0 Å². The molecule has 1 heterocycles. The molecule has 1 aliphatic rings. The number of benzene rings is 2. The van der Waals surface area contributed by atoms with Crippen LogP contribution in [0.1, 0.15) is 62.3 Å². The molecule has 0 amide bonds. The predicted octanol–water partition coefficient (Wildman–Crippen LogP) is 4.65. The van der Waals surface area contributed by atoms with Gasteiger partial charge < -0.3 is 9.47 Å². The molecule has 0 aromatic heterocycles. The van der Waals surface area contributed by atoms with Crippen molar-refractivity contribution in [3.8, 4) is 5.75 Å². The van der Waals surface area contributed by atoms with Crippen molar-refractivity contribution in [1.29, 1.82) is 0 Å². The summed E-state index contributed by atoms with van der Waals surface area (Å²) in [7, 11) is -0.326. The van der Waals surface area contributed by atoms with Gasteiger partial charge in [-0.2, -0.15) is 0 Å². The molecule has 6 heteroatoms. The lowest BCUT2D eigenvalue weighted by atomic mass is 9.87. The summed E-state index contributed by atoms with van der Waals surface area (Å²) in [4.78, 5) is 0.354. The average Bonchev–Trinajstić information content (AvgIpc) is 2.85. The lowest BCUT2D eigenvalue weighted by molar-refractivity contribution is 0.181. The monoisotopic (exact) mass is 431 g/mol. The molecule has 2 aromatic carbocycles. The maximum Gasteiger partial charge on any atom is 0.180 e. The molecule has 1 aliphatic heterocycles. The quantitative estimate of drug-likeness (QED) is 0.659. The zero-order valence-corrected chi connectivity index (χ0v) is 19.2. The highest BCUT2D eigenvalue weighted by molar-refractivity contribution is 7.91. The Balaban J connectivity index is 2.26. The first-order valence-electron chi connectivity index (χ1n) is 10.6. The highest BCUT2D eigenvalue weighted by Gasteiger charge is 2.42. The second-order valence-corrected chi connectivity index (χ2v) is 10.1. The van der Waals surface area contributed by atoms with E-state index in [0.717, 1.165) is 42.4 Å². The first-order chi connectivity index (χ1) is 14.4. The fraction of sp³-hybridized carbons (Fsp3) is 0.500. The summed E-state index contributed by atoms with van der Waals surface area (Å²) >= 11 is 0. The Labute approximate surface area is 180 Å². The minimum atomic E-state index is -3.52. The summed E-state index contributed by atoms with van der Waals surface area (Å²) in [5.41, 5.74) is 2.18. The van der Waals surface area contributed by atoms with Crippen LogP contribution in [0.5, 0.6) is 5.75 Å². The number of hydrogen-bond donors (Lipinski definition) is 1. The van der Waals surface area contributed by atoms with Crippen LogP contribution in [0.4, 0.5) is 0 Å². The number of rotatable bonds is 8. The lowest BCUT2D eigenvalue weighted by Gasteiger charge is -2.36. The van der Waals surface area contributed by atoms with Crippen molar-refractivity contribution >= 4 is 9.84 Å². The Morgan fingerprint density at radius 1 is 1.13 bits per heavy atom. The van der Waals surface area contributed by atoms with Gasteiger partial charge >= 0.3 is 0 Å². The molecular formula is C24H33NO4S. The van der Waals surface area contributed by atoms with E-state index in [1.165, 1.54) is 0 Å². The van der Waals surface area contributed by atoms with Gasteiger partial charge in [0.25, 0.3) is 0 Å². The van der Waals surface area contributed by atoms with Crippen molar-refractivity contribution in [2.24, 2.45) is 0 Å². The number of ether oxygens (including phenoxy) is 2. The van der Waals surface area contributed by atoms with Gasteiger partial charge in [-0.1, -0.05) is 57.0 Å². The zero-order chi connectivity index (χ0) is 21.8. The third-order valence-electron chi connectivity index (χ3n) is 6.09. The zero-order valence-electron chi connectivity index (χ0n) is 18.4. The molecule has 0 spiro atoms. The summed E-state index contributed by atoms with van der Waals surface area (Å²) in [6.45, 7) is 4.57. The summed E-state index contributed by atoms with van der Waals surface area (Å²) in [5.74, 6) is 0.628. The van der Waals surface area contributed by atoms with Crippen LogP contribution in [0, 0.1) is 0 Å². The fourth-order valence-corrected chi connectivity index (χ4v) is 6.53. The van der Waals surface area contributed by atoms with Crippen LogP contribution in [-0.4, -0.2) is 33.9 Å². The summed E-state index contributed by atoms with van der Waals surface area (Å²) in [6.07, 6.45) is 3.56. The minimum absolute atomic E-state index is 0.0829. The van der Waals surface area contributed by atoms with E-state index in [4.69, 9.17) is 9.47 Å². The molecule has 1 N–H and O–H groups in total. The number of fused-ring (bicyclic) bond motifs is 1. The van der Waals surface area contributed by atoms with E-state index < -0.39 is 15.4 Å². The Bertz CT molecular complexity index is 959. The van der Waals surface area contributed by atoms with Crippen molar-refractivity contribution in [1.82, 2.24) is 5.32 Å². The number of sulfone groups is 1.